The Kier molecular flexibility index (Phi) is 7.32. The van der Waals surface area contributed by atoms with Gasteiger partial charge in [-0.05, 0) is 74.2 Å². The zero-order chi connectivity index (χ0) is 24.8. The summed E-state index contributed by atoms with van der Waals surface area (Å²) in [5.41, 5.74) is 3.76. The van der Waals surface area contributed by atoms with E-state index in [9.17, 15) is 14.7 Å². The first-order chi connectivity index (χ1) is 16.8. The lowest BCUT2D eigenvalue weighted by molar-refractivity contribution is 0.0696. The lowest BCUT2D eigenvalue weighted by atomic mass is 9.93. The van der Waals surface area contributed by atoms with Crippen LogP contribution >= 0.6 is 0 Å². The van der Waals surface area contributed by atoms with Gasteiger partial charge in [-0.25, -0.2) is 4.79 Å². The number of ether oxygens (including phenoxy) is 1. The summed E-state index contributed by atoms with van der Waals surface area (Å²) in [6.07, 6.45) is 1.47. The van der Waals surface area contributed by atoms with Gasteiger partial charge in [0.25, 0.3) is 0 Å². The fraction of sp³-hybridized carbons (Fsp3) is 0.241. The van der Waals surface area contributed by atoms with Crippen molar-refractivity contribution in [3.05, 3.63) is 111 Å². The van der Waals surface area contributed by atoms with Crippen molar-refractivity contribution in [2.24, 2.45) is 0 Å². The normalized spacial score (nSPS) is 11.5. The Hall–Kier alpha value is -3.90. The molecule has 1 heterocycles. The van der Waals surface area contributed by atoms with Crippen molar-refractivity contribution in [2.45, 2.75) is 38.8 Å². The average Bonchev–Trinajstić information content (AvgIpc) is 2.83. The molecule has 0 unspecified atom stereocenters. The molecular formula is C29H30N2O4. The molecule has 0 saturated carbocycles. The van der Waals surface area contributed by atoms with Gasteiger partial charge < -0.3 is 20.1 Å². The second kappa shape index (κ2) is 10.6. The van der Waals surface area contributed by atoms with E-state index in [2.05, 4.69) is 24.1 Å². The number of hydrogen-bond donors (Lipinski definition) is 3. The minimum atomic E-state index is -0.918. The van der Waals surface area contributed by atoms with Crippen LogP contribution in [-0.2, 0) is 19.4 Å². The van der Waals surface area contributed by atoms with Gasteiger partial charge in [-0.2, -0.15) is 0 Å². The van der Waals surface area contributed by atoms with Crippen molar-refractivity contribution in [3.63, 3.8) is 0 Å². The number of carbonyl (C=O) groups is 1. The number of rotatable bonds is 10. The van der Waals surface area contributed by atoms with Crippen molar-refractivity contribution in [3.8, 4) is 5.75 Å². The molecule has 6 nitrogen and oxygen atoms in total. The van der Waals surface area contributed by atoms with Crippen LogP contribution in [-0.4, -0.2) is 28.1 Å². The Balaban J connectivity index is 1.45. The number of benzene rings is 3. The van der Waals surface area contributed by atoms with Crippen LogP contribution in [0.15, 0.2) is 83.7 Å². The molecule has 0 radical (unpaired) electrons. The highest BCUT2D eigenvalue weighted by Crippen LogP contribution is 2.27. The highest BCUT2D eigenvalue weighted by atomic mass is 16.5. The molecule has 0 saturated heterocycles. The second-order valence-corrected chi connectivity index (χ2v) is 9.35. The van der Waals surface area contributed by atoms with Gasteiger partial charge in [0.05, 0.1) is 11.1 Å². The average molecular weight is 471 g/mol. The van der Waals surface area contributed by atoms with E-state index >= 15 is 0 Å². The molecule has 0 aliphatic carbocycles. The monoisotopic (exact) mass is 470 g/mol. The summed E-state index contributed by atoms with van der Waals surface area (Å²) in [7, 11) is 0. The molecule has 180 valence electrons. The summed E-state index contributed by atoms with van der Waals surface area (Å²) in [5, 5.41) is 13.8. The van der Waals surface area contributed by atoms with Gasteiger partial charge in [-0.1, -0.05) is 48.5 Å². The molecule has 4 rings (SSSR count). The minimum Gasteiger partial charge on any atom is -0.487 e. The highest BCUT2D eigenvalue weighted by Gasteiger charge is 2.19. The van der Waals surface area contributed by atoms with E-state index in [1.54, 1.807) is 24.3 Å². The van der Waals surface area contributed by atoms with Crippen LogP contribution in [0.5, 0.6) is 5.75 Å². The topological polar surface area (TPSA) is 91.4 Å². The van der Waals surface area contributed by atoms with Crippen LogP contribution in [0.4, 0.5) is 0 Å². The Bertz CT molecular complexity index is 1380. The molecule has 0 bridgehead atoms. The van der Waals surface area contributed by atoms with Gasteiger partial charge in [-0.15, -0.1) is 0 Å². The first-order valence-electron chi connectivity index (χ1n) is 11.7. The van der Waals surface area contributed by atoms with E-state index < -0.39 is 5.97 Å². The van der Waals surface area contributed by atoms with E-state index in [0.717, 1.165) is 35.0 Å². The number of carboxylic acids is 1. The molecule has 3 N–H and O–H groups in total. The first-order valence-corrected chi connectivity index (χ1v) is 11.7. The van der Waals surface area contributed by atoms with Gasteiger partial charge in [0.1, 0.15) is 12.4 Å². The molecule has 0 aliphatic heterocycles. The van der Waals surface area contributed by atoms with Gasteiger partial charge in [0.2, 0.25) is 5.56 Å². The number of fused-ring (bicyclic) bond motifs is 1. The molecular weight excluding hydrogens is 440 g/mol. The van der Waals surface area contributed by atoms with Crippen molar-refractivity contribution in [1.82, 2.24) is 10.3 Å². The number of carboxylic acid groups (broad SMARTS) is 1. The fourth-order valence-corrected chi connectivity index (χ4v) is 4.28. The van der Waals surface area contributed by atoms with E-state index in [4.69, 9.17) is 4.74 Å². The fourth-order valence-electron chi connectivity index (χ4n) is 4.28. The standard InChI is InChI=1S/C29H30N2O4/c1-29(2,18-21-9-6-10-23(17-21)28(33)34)30-16-15-22-11-13-25(27-24(22)12-14-26(32)31-27)35-19-20-7-4-3-5-8-20/h3-14,17,30H,15-16,18-19H2,1-2H3,(H,31,32)(H,33,34). The van der Waals surface area contributed by atoms with Crippen LogP contribution in [0.3, 0.4) is 0 Å². The van der Waals surface area contributed by atoms with Crippen LogP contribution < -0.4 is 15.6 Å². The summed E-state index contributed by atoms with van der Waals surface area (Å²) in [5.74, 6) is -0.268. The SMILES string of the molecule is CC(C)(Cc1cccc(C(=O)O)c1)NCCc1ccc(OCc2ccccc2)c2[nH]c(=O)ccc12. The first kappa shape index (κ1) is 24.2. The molecule has 0 amide bonds. The summed E-state index contributed by atoms with van der Waals surface area (Å²) in [6, 6.07) is 24.3. The third-order valence-electron chi connectivity index (χ3n) is 6.00. The predicted molar refractivity (Wildman–Crippen MR) is 138 cm³/mol. The maximum Gasteiger partial charge on any atom is 0.335 e. The quantitative estimate of drug-likeness (QED) is 0.305. The van der Waals surface area contributed by atoms with Crippen LogP contribution in [0, 0.1) is 0 Å². The maximum atomic E-state index is 12.0. The lowest BCUT2D eigenvalue weighted by Crippen LogP contribution is -2.42. The molecule has 0 aliphatic rings. The van der Waals surface area contributed by atoms with E-state index in [1.807, 2.05) is 54.6 Å². The van der Waals surface area contributed by atoms with Gasteiger partial charge in [-0.3, -0.25) is 4.79 Å². The number of aromatic carboxylic acids is 1. The number of hydrogen-bond acceptors (Lipinski definition) is 4. The minimum absolute atomic E-state index is 0.165. The molecule has 0 fully saturated rings. The number of aromatic nitrogens is 1. The summed E-state index contributed by atoms with van der Waals surface area (Å²) in [4.78, 5) is 26.3. The Labute approximate surface area is 204 Å². The van der Waals surface area contributed by atoms with Crippen LogP contribution in [0.2, 0.25) is 0 Å². The Morgan fingerprint density at radius 2 is 1.74 bits per heavy atom. The highest BCUT2D eigenvalue weighted by molar-refractivity contribution is 5.88. The molecule has 4 aromatic rings. The Morgan fingerprint density at radius 3 is 2.51 bits per heavy atom. The number of H-pyrrole nitrogens is 1. The third-order valence-corrected chi connectivity index (χ3v) is 6.00. The molecule has 0 spiro atoms. The molecule has 1 aromatic heterocycles. The molecule has 6 heteroatoms. The summed E-state index contributed by atoms with van der Waals surface area (Å²) < 4.78 is 6.04. The predicted octanol–water partition coefficient (Wildman–Crippen LogP) is 4.96. The summed E-state index contributed by atoms with van der Waals surface area (Å²) >= 11 is 0. The maximum absolute atomic E-state index is 12.0. The number of nitrogens with one attached hydrogen (secondary N) is 2. The Morgan fingerprint density at radius 1 is 0.971 bits per heavy atom. The zero-order valence-corrected chi connectivity index (χ0v) is 20.0. The molecule has 0 atom stereocenters. The third kappa shape index (κ3) is 6.37. The number of aromatic amines is 1. The lowest BCUT2D eigenvalue weighted by Gasteiger charge is -2.27. The van der Waals surface area contributed by atoms with E-state index in [1.165, 1.54) is 0 Å². The van der Waals surface area contributed by atoms with Gasteiger partial charge in [0, 0.05) is 17.0 Å². The van der Waals surface area contributed by atoms with Crippen molar-refractivity contribution >= 4 is 16.9 Å². The van der Waals surface area contributed by atoms with Crippen LogP contribution in [0.25, 0.3) is 10.9 Å². The molecule has 3 aromatic carbocycles. The summed E-state index contributed by atoms with van der Waals surface area (Å²) in [6.45, 7) is 5.36. The molecule has 35 heavy (non-hydrogen) atoms. The van der Waals surface area contributed by atoms with Crippen molar-refractivity contribution < 1.29 is 14.6 Å². The largest absolute Gasteiger partial charge is 0.487 e. The van der Waals surface area contributed by atoms with Crippen molar-refractivity contribution in [2.75, 3.05) is 6.54 Å². The smallest absolute Gasteiger partial charge is 0.335 e. The van der Waals surface area contributed by atoms with Gasteiger partial charge >= 0.3 is 5.97 Å². The zero-order valence-electron chi connectivity index (χ0n) is 20.0. The van der Waals surface area contributed by atoms with Crippen LogP contribution in [0.1, 0.15) is 40.9 Å². The second-order valence-electron chi connectivity index (χ2n) is 9.35. The van der Waals surface area contributed by atoms with Crippen molar-refractivity contribution in [1.29, 1.82) is 0 Å². The van der Waals surface area contributed by atoms with E-state index in [0.29, 0.717) is 29.9 Å². The van der Waals surface area contributed by atoms with Gasteiger partial charge in [0.15, 0.2) is 0 Å². The van der Waals surface area contributed by atoms with E-state index in [-0.39, 0.29) is 11.1 Å². The number of pyridine rings is 1.